The van der Waals surface area contributed by atoms with Gasteiger partial charge in [0, 0.05) is 43.1 Å². The number of ketones is 1. The molecule has 8 atom stereocenters. The number of hydrogen-bond donors (Lipinski definition) is 2. The van der Waals surface area contributed by atoms with E-state index in [2.05, 4.69) is 33.0 Å². The number of amides is 1. The van der Waals surface area contributed by atoms with Crippen LogP contribution in [0.3, 0.4) is 0 Å². The molecule has 0 bridgehead atoms. The van der Waals surface area contributed by atoms with E-state index in [1.54, 1.807) is 6.92 Å². The van der Waals surface area contributed by atoms with Crippen LogP contribution in [0, 0.1) is 51.6 Å². The molecule has 1 aromatic rings. The fraction of sp³-hybridized carbons (Fsp3) is 0.700. The van der Waals surface area contributed by atoms with Crippen molar-refractivity contribution in [2.24, 2.45) is 44.9 Å². The number of nitrogens with one attached hydrogen (secondary N) is 1. The topological polar surface area (TPSA) is 105 Å². The molecule has 9 heteroatoms. The minimum absolute atomic E-state index is 0.125. The molecule has 1 amide bonds. The maximum Gasteiger partial charge on any atom is 0.315 e. The van der Waals surface area contributed by atoms with Crippen molar-refractivity contribution in [2.45, 2.75) is 124 Å². The number of aliphatic imine (C=N–C) groups is 1. The number of unbranched alkanes of at least 4 members (excludes halogenated alkanes) is 3. The second-order valence-corrected chi connectivity index (χ2v) is 16.6. The summed E-state index contributed by atoms with van der Waals surface area (Å²) in [6.45, 7) is 12.8. The Bertz CT molecular complexity index is 1570. The molecule has 0 radical (unpaired) electrons. The van der Waals surface area contributed by atoms with Crippen molar-refractivity contribution in [3.63, 3.8) is 0 Å². The average Bonchev–Trinajstić information content (AvgIpc) is 3.42. The van der Waals surface area contributed by atoms with Crippen LogP contribution in [0.5, 0.6) is 11.5 Å². The van der Waals surface area contributed by atoms with Crippen molar-refractivity contribution in [1.82, 2.24) is 5.32 Å². The van der Waals surface area contributed by atoms with Crippen LogP contribution in [0.15, 0.2) is 22.7 Å². The Hall–Kier alpha value is -3.10. The molecular weight excluding hydrogens is 626 g/mol. The highest BCUT2D eigenvalue weighted by Crippen LogP contribution is 2.71. The van der Waals surface area contributed by atoms with Gasteiger partial charge in [-0.05, 0) is 111 Å². The number of allylic oxidation sites excluding steroid dienone is 1. The zero-order valence-electron chi connectivity index (χ0n) is 29.9. The number of carbonyl (C=O) groups excluding carboxylic acids is 3. The van der Waals surface area contributed by atoms with Crippen LogP contribution < -0.4 is 10.1 Å². The summed E-state index contributed by atoms with van der Waals surface area (Å²) < 4.78 is 33.2. The van der Waals surface area contributed by atoms with E-state index < -0.39 is 40.9 Å². The van der Waals surface area contributed by atoms with Gasteiger partial charge in [0.05, 0.1) is 5.92 Å². The molecule has 3 saturated carbocycles. The van der Waals surface area contributed by atoms with Crippen molar-refractivity contribution < 1.29 is 33.0 Å². The highest BCUT2D eigenvalue weighted by molar-refractivity contribution is 5.91. The van der Waals surface area contributed by atoms with Gasteiger partial charge in [-0.2, -0.15) is 4.39 Å². The summed E-state index contributed by atoms with van der Waals surface area (Å²) in [6.07, 6.45) is 14.6. The zero-order chi connectivity index (χ0) is 35.3. The molecule has 1 aromatic carbocycles. The Kier molecular flexibility index (Phi) is 9.88. The van der Waals surface area contributed by atoms with Crippen molar-refractivity contribution >= 4 is 23.4 Å². The van der Waals surface area contributed by atoms with Crippen molar-refractivity contribution in [3.8, 4) is 11.5 Å². The van der Waals surface area contributed by atoms with Gasteiger partial charge in [-0.25, -0.2) is 4.39 Å². The van der Waals surface area contributed by atoms with Crippen LogP contribution in [0.1, 0.15) is 130 Å². The highest BCUT2D eigenvalue weighted by atomic mass is 19.1. The van der Waals surface area contributed by atoms with Gasteiger partial charge in [0.1, 0.15) is 0 Å². The lowest BCUT2D eigenvalue weighted by Gasteiger charge is -2.63. The van der Waals surface area contributed by atoms with Crippen LogP contribution in [-0.2, 0) is 14.4 Å². The lowest BCUT2D eigenvalue weighted by atomic mass is 9.41. The second kappa shape index (κ2) is 13.6. The molecule has 4 aliphatic carbocycles. The van der Waals surface area contributed by atoms with Gasteiger partial charge in [-0.15, -0.1) is 0 Å². The second-order valence-electron chi connectivity index (χ2n) is 16.6. The van der Waals surface area contributed by atoms with E-state index in [4.69, 9.17) is 9.73 Å². The number of phenolic OH excluding ortho intramolecular Hbond substituents is 1. The number of phenols is 1. The van der Waals surface area contributed by atoms with Gasteiger partial charge in [0.25, 0.3) is 0 Å². The van der Waals surface area contributed by atoms with E-state index >= 15 is 0 Å². The Morgan fingerprint density at radius 3 is 2.53 bits per heavy atom. The van der Waals surface area contributed by atoms with Crippen LogP contribution >= 0.6 is 0 Å². The molecule has 6 rings (SSSR count). The number of fused-ring (bicyclic) bond motifs is 6. The lowest BCUT2D eigenvalue weighted by molar-refractivity contribution is -0.143. The Labute approximate surface area is 289 Å². The van der Waals surface area contributed by atoms with Crippen LogP contribution in [0.2, 0.25) is 0 Å². The van der Waals surface area contributed by atoms with Crippen molar-refractivity contribution in [1.29, 1.82) is 0 Å². The van der Waals surface area contributed by atoms with E-state index in [-0.39, 0.29) is 28.7 Å². The molecule has 2 unspecified atom stereocenters. The quantitative estimate of drug-likeness (QED) is 0.112. The summed E-state index contributed by atoms with van der Waals surface area (Å²) in [4.78, 5) is 42.5. The first-order chi connectivity index (χ1) is 23.2. The molecule has 2 N–H and O–H groups in total. The highest BCUT2D eigenvalue weighted by Gasteiger charge is 2.64. The normalized spacial score (nSPS) is 35.4. The summed E-state index contributed by atoms with van der Waals surface area (Å²) in [5.41, 5.74) is 3.64. The number of esters is 1. The van der Waals surface area contributed by atoms with Crippen molar-refractivity contribution in [2.75, 3.05) is 13.1 Å². The minimum atomic E-state index is -1.30. The third-order valence-corrected chi connectivity index (χ3v) is 14.0. The molecular formula is C40H54F2N2O5. The predicted molar refractivity (Wildman–Crippen MR) is 184 cm³/mol. The first-order valence-electron chi connectivity index (χ1n) is 18.6. The van der Waals surface area contributed by atoms with Gasteiger partial charge < -0.3 is 15.2 Å². The number of hydrogen-bond acceptors (Lipinski definition) is 6. The van der Waals surface area contributed by atoms with Crippen molar-refractivity contribution in [3.05, 3.63) is 34.9 Å². The molecule has 0 aromatic heterocycles. The molecule has 0 saturated heterocycles. The third kappa shape index (κ3) is 6.26. The Balaban J connectivity index is 0.928. The molecule has 268 valence electrons. The summed E-state index contributed by atoms with van der Waals surface area (Å²) in [6, 6.07) is 0.961. The van der Waals surface area contributed by atoms with E-state index in [0.29, 0.717) is 41.9 Å². The van der Waals surface area contributed by atoms with Gasteiger partial charge in [-0.1, -0.05) is 46.1 Å². The monoisotopic (exact) mass is 680 g/mol. The number of benzene rings is 1. The van der Waals surface area contributed by atoms with E-state index in [1.165, 1.54) is 43.4 Å². The van der Waals surface area contributed by atoms with E-state index in [0.717, 1.165) is 51.1 Å². The fourth-order valence-electron chi connectivity index (χ4n) is 11.3. The molecule has 1 heterocycles. The standard InChI is InChI=1S/C40H54F2N2O5/c1-23-27-21-30(41)35(47)34(42)36(27)49-37(48)28(23)22-33(46)44-19-9-7-6-8-18-43-24(2)29-10-11-31-39(29,4)17-14-32-38(3)16-13-26(45)20-25(38)12-15-40(31,32)5/h20-21,23,28-29,31-32,47H,6-19,22H2,1-5H3,(H,44,46)/t23?,28?,29-,31-,32-,38+,39-,40+/m1/s1. The first-order valence-corrected chi connectivity index (χ1v) is 18.6. The Morgan fingerprint density at radius 1 is 1.00 bits per heavy atom. The molecule has 49 heavy (non-hydrogen) atoms. The summed E-state index contributed by atoms with van der Waals surface area (Å²) >= 11 is 0. The molecule has 7 nitrogen and oxygen atoms in total. The smallest absolute Gasteiger partial charge is 0.315 e. The van der Waals surface area contributed by atoms with Crippen LogP contribution in [0.25, 0.3) is 0 Å². The molecule has 0 spiro atoms. The predicted octanol–water partition coefficient (Wildman–Crippen LogP) is 8.37. The zero-order valence-corrected chi connectivity index (χ0v) is 29.9. The molecule has 1 aliphatic heterocycles. The SMILES string of the molecule is CC(=NCCCCCCNC(=O)CC1C(=O)Oc2c(cc(F)c(O)c2F)C1C)[C@H]1CC[C@@H]2[C@]1(C)CC[C@H]1[C@@]2(C)CCC2=CC(=O)CC[C@@]21C. The Morgan fingerprint density at radius 2 is 1.76 bits per heavy atom. The fourth-order valence-corrected chi connectivity index (χ4v) is 11.3. The maximum absolute atomic E-state index is 14.2. The largest absolute Gasteiger partial charge is 0.503 e. The number of rotatable bonds is 10. The van der Waals surface area contributed by atoms with Gasteiger partial charge in [0.15, 0.2) is 23.1 Å². The van der Waals surface area contributed by atoms with Crippen LogP contribution in [0.4, 0.5) is 8.78 Å². The van der Waals surface area contributed by atoms with Crippen LogP contribution in [-0.4, -0.2) is 41.6 Å². The number of ether oxygens (including phenoxy) is 1. The maximum atomic E-state index is 14.2. The summed E-state index contributed by atoms with van der Waals surface area (Å²) in [5, 5.41) is 12.4. The van der Waals surface area contributed by atoms with E-state index in [1.807, 2.05) is 6.08 Å². The van der Waals surface area contributed by atoms with Gasteiger partial charge >= 0.3 is 5.97 Å². The van der Waals surface area contributed by atoms with Gasteiger partial charge in [-0.3, -0.25) is 19.4 Å². The van der Waals surface area contributed by atoms with Gasteiger partial charge in [0.2, 0.25) is 11.7 Å². The number of carbonyl (C=O) groups is 3. The third-order valence-electron chi connectivity index (χ3n) is 14.0. The summed E-state index contributed by atoms with van der Waals surface area (Å²) in [7, 11) is 0. The van der Waals surface area contributed by atoms with E-state index in [9.17, 15) is 28.3 Å². The summed E-state index contributed by atoms with van der Waals surface area (Å²) in [5.74, 6) is -4.47. The number of nitrogens with zero attached hydrogens (tertiary/aromatic N) is 1. The molecule has 5 aliphatic rings. The molecule has 3 fully saturated rings. The average molecular weight is 681 g/mol. The number of aromatic hydroxyl groups is 1. The number of halogens is 2. The lowest BCUT2D eigenvalue weighted by Crippen LogP contribution is -2.56. The minimum Gasteiger partial charge on any atom is -0.503 e. The first kappa shape index (κ1) is 35.7.